The molecule has 0 amide bonds. The third-order valence-corrected chi connectivity index (χ3v) is 3.74. The zero-order chi connectivity index (χ0) is 18.9. The Labute approximate surface area is 146 Å². The van der Waals surface area contributed by atoms with Crippen molar-refractivity contribution in [3.8, 4) is 22.7 Å². The van der Waals surface area contributed by atoms with Gasteiger partial charge in [0.1, 0.15) is 5.75 Å². The lowest BCUT2D eigenvalue weighted by Gasteiger charge is -2.11. The molecule has 3 rings (SSSR count). The molecule has 0 spiro atoms. The summed E-state index contributed by atoms with van der Waals surface area (Å²) in [5.41, 5.74) is -0.124. The smallest absolute Gasteiger partial charge is 0.435 e. The molecule has 3 aromatic rings. The first-order valence-electron chi connectivity index (χ1n) is 7.45. The fourth-order valence-corrected chi connectivity index (χ4v) is 2.51. The van der Waals surface area contributed by atoms with E-state index in [0.29, 0.717) is 17.0 Å². The first-order valence-corrected chi connectivity index (χ1v) is 7.45. The highest BCUT2D eigenvalue weighted by Crippen LogP contribution is 2.36. The molecule has 26 heavy (non-hydrogen) atoms. The Balaban J connectivity index is 2.20. The summed E-state index contributed by atoms with van der Waals surface area (Å²) < 4.78 is 45.9. The molecule has 0 saturated carbocycles. The highest BCUT2D eigenvalue weighted by molar-refractivity contribution is 5.87. The molecule has 1 N–H and O–H groups in total. The minimum atomic E-state index is -4.62. The molecule has 0 atom stereocenters. The van der Waals surface area contributed by atoms with Crippen molar-refractivity contribution in [1.29, 1.82) is 0 Å². The van der Waals surface area contributed by atoms with Gasteiger partial charge in [-0.05, 0) is 42.5 Å². The quantitative estimate of drug-likeness (QED) is 0.753. The van der Waals surface area contributed by atoms with Crippen LogP contribution in [0, 0.1) is 0 Å². The highest BCUT2D eigenvalue weighted by Gasteiger charge is 2.35. The number of halogens is 3. The summed E-state index contributed by atoms with van der Waals surface area (Å²) >= 11 is 0. The van der Waals surface area contributed by atoms with Gasteiger partial charge in [-0.3, -0.25) is 0 Å². The number of nitrogens with zero attached hydrogens (tertiary/aromatic N) is 2. The average Bonchev–Trinajstić information content (AvgIpc) is 3.07. The third-order valence-electron chi connectivity index (χ3n) is 3.74. The molecule has 0 aliphatic heterocycles. The van der Waals surface area contributed by atoms with Gasteiger partial charge in [0.15, 0.2) is 5.69 Å². The van der Waals surface area contributed by atoms with Gasteiger partial charge in [0.2, 0.25) is 0 Å². The predicted octanol–water partition coefficient (Wildman–Crippen LogP) is 4.26. The second kappa shape index (κ2) is 6.55. The molecule has 1 heterocycles. The van der Waals surface area contributed by atoms with E-state index in [1.807, 2.05) is 0 Å². The molecular formula is C18H13F3N2O3. The second-order valence-electron chi connectivity index (χ2n) is 5.38. The van der Waals surface area contributed by atoms with Crippen LogP contribution in [0.3, 0.4) is 0 Å². The SMILES string of the molecule is COc1ccccc1-c1cc(C(F)(F)F)nn1-c1ccc(C(=O)O)cc1. The van der Waals surface area contributed by atoms with Crippen LogP contribution in [0.1, 0.15) is 16.1 Å². The lowest BCUT2D eigenvalue weighted by Crippen LogP contribution is -2.07. The Morgan fingerprint density at radius 2 is 1.77 bits per heavy atom. The van der Waals surface area contributed by atoms with E-state index in [4.69, 9.17) is 9.84 Å². The number of aromatic nitrogens is 2. The molecule has 0 aliphatic rings. The summed E-state index contributed by atoms with van der Waals surface area (Å²) in [4.78, 5) is 11.0. The molecule has 5 nitrogen and oxygen atoms in total. The zero-order valence-corrected chi connectivity index (χ0v) is 13.5. The number of rotatable bonds is 4. The Morgan fingerprint density at radius 3 is 2.35 bits per heavy atom. The van der Waals surface area contributed by atoms with Crippen molar-refractivity contribution >= 4 is 5.97 Å². The largest absolute Gasteiger partial charge is 0.496 e. The normalized spacial score (nSPS) is 11.4. The minimum absolute atomic E-state index is 0.0239. The van der Waals surface area contributed by atoms with E-state index in [2.05, 4.69) is 5.10 Å². The summed E-state index contributed by atoms with van der Waals surface area (Å²) in [6, 6.07) is 13.0. The second-order valence-corrected chi connectivity index (χ2v) is 5.38. The van der Waals surface area contributed by atoms with Crippen molar-refractivity contribution in [3.05, 3.63) is 65.9 Å². The predicted molar refractivity (Wildman–Crippen MR) is 87.5 cm³/mol. The van der Waals surface area contributed by atoms with Crippen molar-refractivity contribution in [1.82, 2.24) is 9.78 Å². The van der Waals surface area contributed by atoms with Crippen LogP contribution in [-0.4, -0.2) is 28.0 Å². The minimum Gasteiger partial charge on any atom is -0.496 e. The van der Waals surface area contributed by atoms with E-state index in [1.54, 1.807) is 24.3 Å². The van der Waals surface area contributed by atoms with Crippen LogP contribution in [0.5, 0.6) is 5.75 Å². The van der Waals surface area contributed by atoms with Crippen LogP contribution >= 0.6 is 0 Å². The Kier molecular flexibility index (Phi) is 4.41. The number of carbonyl (C=O) groups is 1. The summed E-state index contributed by atoms with van der Waals surface area (Å²) in [6.45, 7) is 0. The number of aromatic carboxylic acids is 1. The standard InChI is InChI=1S/C18H13F3N2O3/c1-26-15-5-3-2-4-13(15)14-10-16(18(19,20)21)22-23(14)12-8-6-11(7-9-12)17(24)25/h2-10H,1H3,(H,24,25). The van der Waals surface area contributed by atoms with E-state index < -0.39 is 17.8 Å². The number of benzene rings is 2. The molecule has 1 aromatic heterocycles. The number of para-hydroxylation sites is 1. The Bertz CT molecular complexity index is 947. The number of methoxy groups -OCH3 is 1. The van der Waals surface area contributed by atoms with Crippen LogP contribution < -0.4 is 4.74 Å². The van der Waals surface area contributed by atoms with Gasteiger partial charge < -0.3 is 9.84 Å². The fraction of sp³-hybridized carbons (Fsp3) is 0.111. The van der Waals surface area contributed by atoms with Crippen LogP contribution in [0.4, 0.5) is 13.2 Å². The van der Waals surface area contributed by atoms with E-state index in [-0.39, 0.29) is 11.3 Å². The maximum absolute atomic E-state index is 13.2. The number of alkyl halides is 3. The van der Waals surface area contributed by atoms with E-state index in [9.17, 15) is 18.0 Å². The van der Waals surface area contributed by atoms with E-state index in [0.717, 1.165) is 10.7 Å². The van der Waals surface area contributed by atoms with E-state index >= 15 is 0 Å². The maximum atomic E-state index is 13.2. The maximum Gasteiger partial charge on any atom is 0.435 e. The Morgan fingerprint density at radius 1 is 1.12 bits per heavy atom. The van der Waals surface area contributed by atoms with E-state index in [1.165, 1.54) is 31.4 Å². The number of carboxylic acid groups (broad SMARTS) is 1. The molecule has 0 unspecified atom stereocenters. The van der Waals surface area contributed by atoms with Gasteiger partial charge in [-0.25, -0.2) is 9.48 Å². The zero-order valence-electron chi connectivity index (χ0n) is 13.5. The monoisotopic (exact) mass is 362 g/mol. The van der Waals surface area contributed by atoms with Crippen molar-refractivity contribution in [2.24, 2.45) is 0 Å². The van der Waals surface area contributed by atoms with Crippen molar-refractivity contribution in [2.75, 3.05) is 7.11 Å². The van der Waals surface area contributed by atoms with Gasteiger partial charge in [-0.1, -0.05) is 12.1 Å². The van der Waals surface area contributed by atoms with Crippen molar-refractivity contribution in [2.45, 2.75) is 6.18 Å². The summed E-state index contributed by atoms with van der Waals surface area (Å²) in [5, 5.41) is 12.6. The van der Waals surface area contributed by atoms with Gasteiger partial charge in [0.05, 0.1) is 24.1 Å². The lowest BCUT2D eigenvalue weighted by molar-refractivity contribution is -0.141. The molecule has 134 valence electrons. The molecule has 0 fully saturated rings. The summed E-state index contributed by atoms with van der Waals surface area (Å²) in [5.74, 6) is -0.734. The van der Waals surface area contributed by atoms with Crippen LogP contribution in [0.25, 0.3) is 16.9 Å². The first-order chi connectivity index (χ1) is 12.3. The molecule has 8 heteroatoms. The van der Waals surface area contributed by atoms with Crippen molar-refractivity contribution in [3.63, 3.8) is 0 Å². The number of hydrogen-bond donors (Lipinski definition) is 1. The van der Waals surface area contributed by atoms with Gasteiger partial charge in [-0.15, -0.1) is 0 Å². The average molecular weight is 362 g/mol. The summed E-state index contributed by atoms with van der Waals surface area (Å²) in [7, 11) is 1.42. The first kappa shape index (κ1) is 17.5. The van der Waals surface area contributed by atoms with Crippen LogP contribution in [0.15, 0.2) is 54.6 Å². The summed E-state index contributed by atoms with van der Waals surface area (Å²) in [6.07, 6.45) is -4.62. The molecule has 2 aromatic carbocycles. The third kappa shape index (κ3) is 3.26. The van der Waals surface area contributed by atoms with Gasteiger partial charge in [0, 0.05) is 5.56 Å². The lowest BCUT2D eigenvalue weighted by atomic mass is 10.1. The van der Waals surface area contributed by atoms with Gasteiger partial charge in [-0.2, -0.15) is 18.3 Å². The molecule has 0 aliphatic carbocycles. The number of carboxylic acids is 1. The van der Waals surface area contributed by atoms with Crippen molar-refractivity contribution < 1.29 is 27.8 Å². The van der Waals surface area contributed by atoms with Crippen LogP contribution in [-0.2, 0) is 6.18 Å². The van der Waals surface area contributed by atoms with Gasteiger partial charge in [0.25, 0.3) is 0 Å². The Hall–Kier alpha value is -3.29. The molecule has 0 radical (unpaired) electrons. The topological polar surface area (TPSA) is 64.4 Å². The molecule has 0 saturated heterocycles. The van der Waals surface area contributed by atoms with Crippen LogP contribution in [0.2, 0.25) is 0 Å². The van der Waals surface area contributed by atoms with Gasteiger partial charge >= 0.3 is 12.1 Å². The molecule has 0 bridgehead atoms. The number of hydrogen-bond acceptors (Lipinski definition) is 3. The highest BCUT2D eigenvalue weighted by atomic mass is 19.4. The fourth-order valence-electron chi connectivity index (χ4n) is 2.51. The molecular weight excluding hydrogens is 349 g/mol. The number of ether oxygens (including phenoxy) is 1.